The molecule has 0 aromatic heterocycles. The van der Waals surface area contributed by atoms with E-state index in [-0.39, 0.29) is 27.8 Å². The van der Waals surface area contributed by atoms with Gasteiger partial charge < -0.3 is 15.4 Å². The van der Waals surface area contributed by atoms with Crippen molar-refractivity contribution in [3.05, 3.63) is 83.4 Å². The lowest BCUT2D eigenvalue weighted by molar-refractivity contribution is -0.116. The van der Waals surface area contributed by atoms with Crippen LogP contribution in [-0.4, -0.2) is 33.1 Å². The van der Waals surface area contributed by atoms with Crippen LogP contribution in [0, 0.1) is 0 Å². The van der Waals surface area contributed by atoms with Crippen LogP contribution in [0.4, 0.5) is 11.4 Å². The average molecular weight is 487 g/mol. The number of rotatable bonds is 9. The van der Waals surface area contributed by atoms with Gasteiger partial charge in [0.2, 0.25) is 5.91 Å². The van der Waals surface area contributed by atoms with Crippen LogP contribution in [0.3, 0.4) is 0 Å². The van der Waals surface area contributed by atoms with Crippen molar-refractivity contribution in [2.45, 2.75) is 17.7 Å². The average Bonchev–Trinajstić information content (AvgIpc) is 2.79. The van der Waals surface area contributed by atoms with Crippen molar-refractivity contribution in [3.8, 4) is 5.75 Å². The number of hydrogen-bond acceptors (Lipinski definition) is 5. The Bertz CT molecular complexity index is 1250. The molecule has 0 heterocycles. The minimum absolute atomic E-state index is 0.0495. The van der Waals surface area contributed by atoms with Gasteiger partial charge in [0, 0.05) is 23.9 Å². The summed E-state index contributed by atoms with van der Waals surface area (Å²) in [5.74, 6) is 0.0695. The molecule has 2 N–H and O–H groups in total. The Kier molecular flexibility index (Phi) is 8.08. The number of hydrogen-bond donors (Lipinski definition) is 2. The van der Waals surface area contributed by atoms with E-state index in [4.69, 9.17) is 16.3 Å². The topological polar surface area (TPSA) is 102 Å². The Morgan fingerprint density at radius 3 is 2.39 bits per heavy atom. The summed E-state index contributed by atoms with van der Waals surface area (Å²) in [6, 6.07) is 19.8. The monoisotopic (exact) mass is 486 g/mol. The van der Waals surface area contributed by atoms with Gasteiger partial charge in [-0.3, -0.25) is 9.59 Å². The summed E-state index contributed by atoms with van der Waals surface area (Å²) in [5.41, 5.74) is 1.01. The molecule has 0 aliphatic carbocycles. The normalized spacial score (nSPS) is 11.0. The molecule has 3 aromatic rings. The van der Waals surface area contributed by atoms with E-state index >= 15 is 0 Å². The first kappa shape index (κ1) is 24.3. The number of anilines is 2. The van der Waals surface area contributed by atoms with Crippen molar-refractivity contribution < 1.29 is 22.7 Å². The summed E-state index contributed by atoms with van der Waals surface area (Å²) in [6.45, 7) is 0.420. The van der Waals surface area contributed by atoms with Crippen LogP contribution in [0.25, 0.3) is 0 Å². The van der Waals surface area contributed by atoms with E-state index in [0.29, 0.717) is 24.4 Å². The predicted octanol–water partition coefficient (Wildman–Crippen LogP) is 4.79. The Balaban J connectivity index is 1.53. The van der Waals surface area contributed by atoms with Gasteiger partial charge in [-0.15, -0.1) is 0 Å². The SMILES string of the molecule is CS(=O)(=O)c1cccc(C(=O)Nc2ccc(NC(=O)CCCOc3ccccc3)cc2Cl)c1. The van der Waals surface area contributed by atoms with Crippen molar-refractivity contribution in [2.75, 3.05) is 23.5 Å². The van der Waals surface area contributed by atoms with Crippen LogP contribution in [0.5, 0.6) is 5.75 Å². The Morgan fingerprint density at radius 1 is 0.939 bits per heavy atom. The van der Waals surface area contributed by atoms with Crippen LogP contribution in [0.15, 0.2) is 77.7 Å². The predicted molar refractivity (Wildman–Crippen MR) is 129 cm³/mol. The van der Waals surface area contributed by atoms with Gasteiger partial charge in [0.25, 0.3) is 5.91 Å². The van der Waals surface area contributed by atoms with Crippen LogP contribution >= 0.6 is 11.6 Å². The number of ether oxygens (including phenoxy) is 1. The second kappa shape index (κ2) is 11.0. The molecule has 172 valence electrons. The lowest BCUT2D eigenvalue weighted by Gasteiger charge is -2.11. The lowest BCUT2D eigenvalue weighted by atomic mass is 10.2. The minimum Gasteiger partial charge on any atom is -0.494 e. The van der Waals surface area contributed by atoms with Crippen LogP contribution in [0.2, 0.25) is 5.02 Å². The van der Waals surface area contributed by atoms with Gasteiger partial charge in [0.15, 0.2) is 9.84 Å². The molecule has 3 rings (SSSR count). The number of nitrogens with one attached hydrogen (secondary N) is 2. The van der Waals surface area contributed by atoms with Crippen molar-refractivity contribution in [1.29, 1.82) is 0 Å². The van der Waals surface area contributed by atoms with Gasteiger partial charge in [0.1, 0.15) is 5.75 Å². The lowest BCUT2D eigenvalue weighted by Crippen LogP contribution is -2.14. The molecular formula is C24H23ClN2O5S. The van der Waals surface area contributed by atoms with Gasteiger partial charge >= 0.3 is 0 Å². The van der Waals surface area contributed by atoms with Crippen LogP contribution in [0.1, 0.15) is 23.2 Å². The fourth-order valence-electron chi connectivity index (χ4n) is 2.92. The van der Waals surface area contributed by atoms with Crippen LogP contribution < -0.4 is 15.4 Å². The van der Waals surface area contributed by atoms with E-state index in [1.165, 1.54) is 30.3 Å². The Labute approximate surface area is 197 Å². The highest BCUT2D eigenvalue weighted by molar-refractivity contribution is 7.90. The third-order valence-electron chi connectivity index (χ3n) is 4.59. The molecule has 0 aliphatic rings. The summed E-state index contributed by atoms with van der Waals surface area (Å²) in [4.78, 5) is 24.7. The Hall–Kier alpha value is -3.36. The number of carbonyl (C=O) groups excluding carboxylic acids is 2. The molecule has 0 spiro atoms. The maximum Gasteiger partial charge on any atom is 0.255 e. The van der Waals surface area contributed by atoms with Crippen molar-refractivity contribution in [2.24, 2.45) is 0 Å². The van der Waals surface area contributed by atoms with Gasteiger partial charge in [0.05, 0.1) is 22.2 Å². The quantitative estimate of drug-likeness (QED) is 0.423. The highest BCUT2D eigenvalue weighted by atomic mass is 35.5. The molecule has 7 nitrogen and oxygen atoms in total. The molecule has 0 radical (unpaired) electrons. The van der Waals surface area contributed by atoms with E-state index < -0.39 is 15.7 Å². The number of sulfone groups is 1. The first-order chi connectivity index (χ1) is 15.7. The molecule has 0 atom stereocenters. The van der Waals surface area contributed by atoms with Gasteiger partial charge in [-0.1, -0.05) is 35.9 Å². The highest BCUT2D eigenvalue weighted by Crippen LogP contribution is 2.26. The summed E-state index contributed by atoms with van der Waals surface area (Å²) >= 11 is 6.26. The van der Waals surface area contributed by atoms with E-state index in [1.54, 1.807) is 12.1 Å². The van der Waals surface area contributed by atoms with E-state index in [1.807, 2.05) is 30.3 Å². The second-order valence-corrected chi connectivity index (χ2v) is 9.68. The number of halogens is 1. The molecular weight excluding hydrogens is 464 g/mol. The Morgan fingerprint density at radius 2 is 1.70 bits per heavy atom. The zero-order chi connectivity index (χ0) is 23.8. The van der Waals surface area contributed by atoms with Crippen molar-refractivity contribution >= 4 is 44.6 Å². The molecule has 0 aliphatic heterocycles. The number of carbonyl (C=O) groups is 2. The molecule has 9 heteroatoms. The highest BCUT2D eigenvalue weighted by Gasteiger charge is 2.13. The summed E-state index contributed by atoms with van der Waals surface area (Å²) < 4.78 is 29.0. The zero-order valence-electron chi connectivity index (χ0n) is 17.9. The number of benzene rings is 3. The number of amides is 2. The van der Waals surface area contributed by atoms with E-state index in [9.17, 15) is 18.0 Å². The van der Waals surface area contributed by atoms with Gasteiger partial charge in [-0.2, -0.15) is 0 Å². The second-order valence-electron chi connectivity index (χ2n) is 7.26. The number of para-hydroxylation sites is 1. The molecule has 0 bridgehead atoms. The molecule has 0 saturated carbocycles. The zero-order valence-corrected chi connectivity index (χ0v) is 19.4. The fourth-order valence-corrected chi connectivity index (χ4v) is 3.81. The third kappa shape index (κ3) is 7.34. The minimum atomic E-state index is -3.43. The molecule has 0 fully saturated rings. The largest absolute Gasteiger partial charge is 0.494 e. The maximum absolute atomic E-state index is 12.5. The molecule has 33 heavy (non-hydrogen) atoms. The standard InChI is InChI=1S/C24H23ClN2O5S/c1-33(30,31)20-10-5-7-17(15-20)24(29)27-22-13-12-18(16-21(22)25)26-23(28)11-6-14-32-19-8-3-2-4-9-19/h2-5,7-10,12-13,15-16H,6,11,14H2,1H3,(H,26,28)(H,27,29). The van der Waals surface area contributed by atoms with Crippen molar-refractivity contribution in [1.82, 2.24) is 0 Å². The maximum atomic E-state index is 12.5. The molecule has 2 amide bonds. The fraction of sp³-hybridized carbons (Fsp3) is 0.167. The first-order valence-electron chi connectivity index (χ1n) is 10.1. The summed E-state index contributed by atoms with van der Waals surface area (Å²) in [5, 5.41) is 5.64. The van der Waals surface area contributed by atoms with Gasteiger partial charge in [-0.05, 0) is 55.0 Å². The first-order valence-corrected chi connectivity index (χ1v) is 12.4. The van der Waals surface area contributed by atoms with Crippen LogP contribution in [-0.2, 0) is 14.6 Å². The molecule has 0 saturated heterocycles. The smallest absolute Gasteiger partial charge is 0.255 e. The van der Waals surface area contributed by atoms with E-state index in [0.717, 1.165) is 12.0 Å². The third-order valence-corrected chi connectivity index (χ3v) is 6.01. The summed E-state index contributed by atoms with van der Waals surface area (Å²) in [7, 11) is -3.43. The van der Waals surface area contributed by atoms with Gasteiger partial charge in [-0.25, -0.2) is 8.42 Å². The van der Waals surface area contributed by atoms with E-state index in [2.05, 4.69) is 10.6 Å². The summed E-state index contributed by atoms with van der Waals surface area (Å²) in [6.07, 6.45) is 1.90. The molecule has 0 unspecified atom stereocenters. The molecule has 3 aromatic carbocycles. The van der Waals surface area contributed by atoms with Crippen molar-refractivity contribution in [3.63, 3.8) is 0 Å².